The molecule has 1 saturated carbocycles. The number of rotatable bonds is 4. The fourth-order valence-electron chi connectivity index (χ4n) is 2.08. The summed E-state index contributed by atoms with van der Waals surface area (Å²) in [6.45, 7) is 2.31. The van der Waals surface area contributed by atoms with Crippen LogP contribution < -0.4 is 5.73 Å². The van der Waals surface area contributed by atoms with Gasteiger partial charge < -0.3 is 15.7 Å². The minimum atomic E-state index is -0.632. The summed E-state index contributed by atoms with van der Waals surface area (Å²) in [6, 6.07) is 0. The maximum absolute atomic E-state index is 12.0. The molecule has 1 unspecified atom stereocenters. The standard InChI is InChI=1S/C11H22N2O2/c1-9(14)5-8-13(2)10(15)11(12)6-3-4-7-11/h9,14H,3-8,12H2,1-2H3. The van der Waals surface area contributed by atoms with E-state index in [2.05, 4.69) is 0 Å². The van der Waals surface area contributed by atoms with Crippen LogP contribution in [0.15, 0.2) is 0 Å². The lowest BCUT2D eigenvalue weighted by Crippen LogP contribution is -2.52. The number of carbonyl (C=O) groups is 1. The molecule has 4 nitrogen and oxygen atoms in total. The summed E-state index contributed by atoms with van der Waals surface area (Å²) in [4.78, 5) is 13.6. The molecule has 0 radical (unpaired) electrons. The van der Waals surface area contributed by atoms with Gasteiger partial charge in [0.1, 0.15) is 0 Å². The third kappa shape index (κ3) is 3.18. The number of hydrogen-bond acceptors (Lipinski definition) is 3. The Kier molecular flexibility index (Phi) is 4.11. The van der Waals surface area contributed by atoms with Crippen LogP contribution >= 0.6 is 0 Å². The molecule has 0 spiro atoms. The second-order valence-electron chi connectivity index (χ2n) is 4.73. The highest BCUT2D eigenvalue weighted by Crippen LogP contribution is 2.28. The first-order chi connectivity index (χ1) is 6.96. The molecule has 1 aliphatic rings. The summed E-state index contributed by atoms with van der Waals surface area (Å²) in [6.07, 6.45) is 3.94. The second-order valence-corrected chi connectivity index (χ2v) is 4.73. The fraction of sp³-hybridized carbons (Fsp3) is 0.909. The van der Waals surface area contributed by atoms with E-state index in [1.165, 1.54) is 0 Å². The second kappa shape index (κ2) is 4.94. The van der Waals surface area contributed by atoms with E-state index < -0.39 is 5.54 Å². The summed E-state index contributed by atoms with van der Waals surface area (Å²) >= 11 is 0. The predicted molar refractivity (Wildman–Crippen MR) is 59.3 cm³/mol. The normalized spacial score (nSPS) is 21.3. The summed E-state index contributed by atoms with van der Waals surface area (Å²) < 4.78 is 0. The van der Waals surface area contributed by atoms with E-state index in [0.29, 0.717) is 13.0 Å². The van der Waals surface area contributed by atoms with Crippen LogP contribution in [0.1, 0.15) is 39.0 Å². The molecule has 1 rings (SSSR count). The lowest BCUT2D eigenvalue weighted by atomic mass is 9.97. The van der Waals surface area contributed by atoms with Crippen LogP contribution in [0.4, 0.5) is 0 Å². The summed E-state index contributed by atoms with van der Waals surface area (Å²) in [5.41, 5.74) is 5.42. The lowest BCUT2D eigenvalue weighted by Gasteiger charge is -2.29. The molecule has 0 aromatic rings. The van der Waals surface area contributed by atoms with Crippen molar-refractivity contribution in [3.8, 4) is 0 Å². The Balaban J connectivity index is 2.44. The van der Waals surface area contributed by atoms with E-state index in [-0.39, 0.29) is 12.0 Å². The van der Waals surface area contributed by atoms with Gasteiger partial charge in [-0.05, 0) is 26.2 Å². The van der Waals surface area contributed by atoms with Crippen LogP contribution in [-0.2, 0) is 4.79 Å². The highest BCUT2D eigenvalue weighted by atomic mass is 16.3. The summed E-state index contributed by atoms with van der Waals surface area (Å²) in [7, 11) is 1.76. The van der Waals surface area contributed by atoms with Gasteiger partial charge >= 0.3 is 0 Å². The van der Waals surface area contributed by atoms with Gasteiger partial charge in [0.2, 0.25) is 5.91 Å². The van der Waals surface area contributed by atoms with Gasteiger partial charge in [-0.15, -0.1) is 0 Å². The number of hydrogen-bond donors (Lipinski definition) is 2. The van der Waals surface area contributed by atoms with Gasteiger partial charge in [-0.25, -0.2) is 0 Å². The Morgan fingerprint density at radius 2 is 2.07 bits per heavy atom. The minimum absolute atomic E-state index is 0.0284. The molecular formula is C11H22N2O2. The zero-order valence-electron chi connectivity index (χ0n) is 9.70. The molecule has 1 atom stereocenters. The first-order valence-corrected chi connectivity index (χ1v) is 5.68. The number of nitrogens with two attached hydrogens (primary N) is 1. The zero-order valence-corrected chi connectivity index (χ0v) is 9.70. The van der Waals surface area contributed by atoms with Crippen LogP contribution in [0.3, 0.4) is 0 Å². The molecule has 88 valence electrons. The number of carbonyl (C=O) groups excluding carboxylic acids is 1. The summed E-state index contributed by atoms with van der Waals surface area (Å²) in [5.74, 6) is 0.0284. The van der Waals surface area contributed by atoms with E-state index in [1.54, 1.807) is 18.9 Å². The van der Waals surface area contributed by atoms with E-state index >= 15 is 0 Å². The quantitative estimate of drug-likeness (QED) is 0.715. The number of aliphatic hydroxyl groups excluding tert-OH is 1. The van der Waals surface area contributed by atoms with Crippen molar-refractivity contribution >= 4 is 5.91 Å². The Morgan fingerprint density at radius 1 is 1.53 bits per heavy atom. The van der Waals surface area contributed by atoms with Gasteiger partial charge in [0.15, 0.2) is 0 Å². The third-order valence-electron chi connectivity index (χ3n) is 3.15. The maximum Gasteiger partial charge on any atom is 0.242 e. The van der Waals surface area contributed by atoms with E-state index in [0.717, 1.165) is 25.7 Å². The number of amides is 1. The van der Waals surface area contributed by atoms with Crippen molar-refractivity contribution in [2.45, 2.75) is 50.7 Å². The van der Waals surface area contributed by atoms with Crippen LogP contribution in [0.2, 0.25) is 0 Å². The third-order valence-corrected chi connectivity index (χ3v) is 3.15. The molecule has 1 amide bonds. The summed E-state index contributed by atoms with van der Waals surface area (Å²) in [5, 5.41) is 9.14. The molecule has 0 bridgehead atoms. The molecule has 1 fully saturated rings. The lowest BCUT2D eigenvalue weighted by molar-refractivity contribution is -0.135. The van der Waals surface area contributed by atoms with Crippen LogP contribution in [0.25, 0.3) is 0 Å². The molecule has 0 aromatic carbocycles. The molecule has 4 heteroatoms. The van der Waals surface area contributed by atoms with E-state index in [4.69, 9.17) is 10.8 Å². The van der Waals surface area contributed by atoms with Crippen LogP contribution in [-0.4, -0.2) is 41.1 Å². The Bertz CT molecular complexity index is 223. The Morgan fingerprint density at radius 3 is 2.53 bits per heavy atom. The zero-order chi connectivity index (χ0) is 11.5. The Labute approximate surface area is 91.4 Å². The first kappa shape index (κ1) is 12.5. The van der Waals surface area contributed by atoms with Gasteiger partial charge in [-0.3, -0.25) is 4.79 Å². The van der Waals surface area contributed by atoms with Crippen molar-refractivity contribution in [3.63, 3.8) is 0 Å². The SMILES string of the molecule is CC(O)CCN(C)C(=O)C1(N)CCCC1. The number of aliphatic hydroxyl groups is 1. The average Bonchev–Trinajstić information content (AvgIpc) is 2.61. The van der Waals surface area contributed by atoms with Gasteiger partial charge in [0.05, 0.1) is 11.6 Å². The van der Waals surface area contributed by atoms with Crippen molar-refractivity contribution in [3.05, 3.63) is 0 Å². The molecule has 0 aromatic heterocycles. The van der Waals surface area contributed by atoms with Crippen LogP contribution in [0, 0.1) is 0 Å². The molecular weight excluding hydrogens is 192 g/mol. The van der Waals surface area contributed by atoms with Crippen molar-refractivity contribution in [2.75, 3.05) is 13.6 Å². The Hall–Kier alpha value is -0.610. The molecule has 0 heterocycles. The molecule has 15 heavy (non-hydrogen) atoms. The number of nitrogens with zero attached hydrogens (tertiary/aromatic N) is 1. The largest absolute Gasteiger partial charge is 0.393 e. The van der Waals surface area contributed by atoms with Gasteiger partial charge in [0, 0.05) is 13.6 Å². The van der Waals surface area contributed by atoms with Gasteiger partial charge in [-0.2, -0.15) is 0 Å². The predicted octanol–water partition coefficient (Wildman–Crippen LogP) is 0.487. The van der Waals surface area contributed by atoms with E-state index in [9.17, 15) is 4.79 Å². The van der Waals surface area contributed by atoms with Crippen molar-refractivity contribution < 1.29 is 9.90 Å². The average molecular weight is 214 g/mol. The van der Waals surface area contributed by atoms with Crippen molar-refractivity contribution in [1.29, 1.82) is 0 Å². The molecule has 0 saturated heterocycles. The van der Waals surface area contributed by atoms with E-state index in [1.807, 2.05) is 0 Å². The molecule has 1 aliphatic carbocycles. The van der Waals surface area contributed by atoms with Crippen molar-refractivity contribution in [2.24, 2.45) is 5.73 Å². The van der Waals surface area contributed by atoms with Gasteiger partial charge in [0.25, 0.3) is 0 Å². The topological polar surface area (TPSA) is 66.6 Å². The minimum Gasteiger partial charge on any atom is -0.393 e. The van der Waals surface area contributed by atoms with Gasteiger partial charge in [-0.1, -0.05) is 12.8 Å². The molecule has 3 N–H and O–H groups in total. The first-order valence-electron chi connectivity index (χ1n) is 5.68. The monoisotopic (exact) mass is 214 g/mol. The highest BCUT2D eigenvalue weighted by Gasteiger charge is 2.38. The molecule has 0 aliphatic heterocycles. The number of likely N-dealkylation sites (N-methyl/N-ethyl adjacent to an activating group) is 1. The fourth-order valence-corrected chi connectivity index (χ4v) is 2.08. The smallest absolute Gasteiger partial charge is 0.242 e. The van der Waals surface area contributed by atoms with Crippen molar-refractivity contribution in [1.82, 2.24) is 4.90 Å². The highest BCUT2D eigenvalue weighted by molar-refractivity contribution is 5.86. The van der Waals surface area contributed by atoms with Crippen LogP contribution in [0.5, 0.6) is 0 Å². The maximum atomic E-state index is 12.0.